The zero-order valence-electron chi connectivity index (χ0n) is 21.5. The van der Waals surface area contributed by atoms with Crippen LogP contribution in [0.2, 0.25) is 0 Å². The van der Waals surface area contributed by atoms with Gasteiger partial charge in [-0.1, -0.05) is 67.2 Å². The van der Waals surface area contributed by atoms with Crippen LogP contribution in [0.1, 0.15) is 29.7 Å². The molecule has 1 N–H and O–H groups in total. The Labute approximate surface area is 224 Å². The summed E-state index contributed by atoms with van der Waals surface area (Å²) in [5.41, 5.74) is 4.71. The maximum absolute atomic E-state index is 12.7. The van der Waals surface area contributed by atoms with E-state index < -0.39 is 0 Å². The lowest BCUT2D eigenvalue weighted by Gasteiger charge is -2.34. The number of likely N-dealkylation sites (tertiary alicyclic amines) is 1. The van der Waals surface area contributed by atoms with E-state index in [9.17, 15) is 4.79 Å². The van der Waals surface area contributed by atoms with E-state index in [0.717, 1.165) is 68.6 Å². The van der Waals surface area contributed by atoms with Gasteiger partial charge in [0.25, 0.3) is 0 Å². The summed E-state index contributed by atoms with van der Waals surface area (Å²) < 4.78 is 0. The van der Waals surface area contributed by atoms with Crippen LogP contribution in [0.3, 0.4) is 0 Å². The van der Waals surface area contributed by atoms with Gasteiger partial charge >= 0.3 is 0 Å². The molecule has 7 heteroatoms. The summed E-state index contributed by atoms with van der Waals surface area (Å²) in [6, 6.07) is 21.1. The number of nitrogens with zero attached hydrogens (tertiary/aromatic N) is 4. The molecule has 1 atom stereocenters. The molecule has 5 rings (SSSR count). The molecule has 0 spiro atoms. The summed E-state index contributed by atoms with van der Waals surface area (Å²) in [4.78, 5) is 24.4. The standard InChI is InChI=1S/C30H37N5OS/c1-24(19-25-9-4-2-5-10-25)35-14-8-13-28(35)21-31-30-32-27(23-37-30)22-33-15-17-34(18-16-33)29(36)20-26-11-6-3-7-12-26/h2-7,9-12,23,28H,1,8,13-22H2,(H,31,32). The van der Waals surface area contributed by atoms with Gasteiger partial charge in [0.15, 0.2) is 5.13 Å². The average Bonchev–Trinajstić information content (AvgIpc) is 3.58. The van der Waals surface area contributed by atoms with Crippen molar-refractivity contribution >= 4 is 22.4 Å². The molecule has 0 aliphatic carbocycles. The molecular formula is C30H37N5OS. The van der Waals surface area contributed by atoms with Gasteiger partial charge in [-0.2, -0.15) is 0 Å². The topological polar surface area (TPSA) is 51.7 Å². The van der Waals surface area contributed by atoms with E-state index in [-0.39, 0.29) is 5.91 Å². The van der Waals surface area contributed by atoms with Crippen LogP contribution in [0.5, 0.6) is 0 Å². The minimum atomic E-state index is 0.221. The van der Waals surface area contributed by atoms with Crippen LogP contribution in [0, 0.1) is 0 Å². The Morgan fingerprint density at radius 3 is 2.32 bits per heavy atom. The Balaban J connectivity index is 1.05. The predicted molar refractivity (Wildman–Crippen MR) is 152 cm³/mol. The Morgan fingerprint density at radius 2 is 1.62 bits per heavy atom. The van der Waals surface area contributed by atoms with Gasteiger partial charge in [-0.3, -0.25) is 9.69 Å². The molecule has 3 aromatic rings. The second-order valence-corrected chi connectivity index (χ2v) is 10.9. The van der Waals surface area contributed by atoms with Crippen LogP contribution in [0.25, 0.3) is 0 Å². The summed E-state index contributed by atoms with van der Waals surface area (Å²) in [6.45, 7) is 10.6. The summed E-state index contributed by atoms with van der Waals surface area (Å²) in [5.74, 6) is 0.221. The van der Waals surface area contributed by atoms with E-state index in [1.807, 2.05) is 35.2 Å². The number of hydrogen-bond acceptors (Lipinski definition) is 6. The Morgan fingerprint density at radius 1 is 0.946 bits per heavy atom. The highest BCUT2D eigenvalue weighted by Crippen LogP contribution is 2.25. The summed E-state index contributed by atoms with van der Waals surface area (Å²) >= 11 is 1.69. The number of anilines is 1. The number of amides is 1. The number of carbonyl (C=O) groups is 1. The first-order valence-corrected chi connectivity index (χ1v) is 14.2. The maximum Gasteiger partial charge on any atom is 0.227 e. The van der Waals surface area contributed by atoms with Gasteiger partial charge in [0.2, 0.25) is 5.91 Å². The van der Waals surface area contributed by atoms with Crippen molar-refractivity contribution in [1.82, 2.24) is 19.7 Å². The van der Waals surface area contributed by atoms with Gasteiger partial charge in [0.05, 0.1) is 12.1 Å². The van der Waals surface area contributed by atoms with Crippen molar-refractivity contribution in [2.45, 2.75) is 38.3 Å². The number of thiazole rings is 1. The monoisotopic (exact) mass is 515 g/mol. The molecule has 2 aliphatic rings. The number of piperazine rings is 1. The number of rotatable bonds is 10. The van der Waals surface area contributed by atoms with Gasteiger partial charge in [-0.15, -0.1) is 11.3 Å². The molecule has 2 fully saturated rings. The molecule has 194 valence electrons. The highest BCUT2D eigenvalue weighted by molar-refractivity contribution is 7.13. The quantitative estimate of drug-likeness (QED) is 0.426. The fourth-order valence-corrected chi connectivity index (χ4v) is 6.04. The van der Waals surface area contributed by atoms with E-state index in [2.05, 4.69) is 57.4 Å². The third-order valence-electron chi connectivity index (χ3n) is 7.38. The second kappa shape index (κ2) is 12.4. The van der Waals surface area contributed by atoms with E-state index in [1.165, 1.54) is 24.1 Å². The minimum absolute atomic E-state index is 0.221. The second-order valence-electron chi connectivity index (χ2n) is 10.1. The molecule has 1 unspecified atom stereocenters. The van der Waals surface area contributed by atoms with Crippen LogP contribution < -0.4 is 5.32 Å². The average molecular weight is 516 g/mol. The lowest BCUT2D eigenvalue weighted by atomic mass is 10.1. The van der Waals surface area contributed by atoms with E-state index in [4.69, 9.17) is 4.98 Å². The lowest BCUT2D eigenvalue weighted by molar-refractivity contribution is -0.132. The number of nitrogens with one attached hydrogen (secondary N) is 1. The number of hydrogen-bond donors (Lipinski definition) is 1. The molecule has 2 aliphatic heterocycles. The number of aromatic nitrogens is 1. The zero-order chi connectivity index (χ0) is 25.5. The third kappa shape index (κ3) is 6.99. The third-order valence-corrected chi connectivity index (χ3v) is 8.23. The first kappa shape index (κ1) is 25.5. The van der Waals surface area contributed by atoms with Gasteiger partial charge in [-0.25, -0.2) is 4.98 Å². The van der Waals surface area contributed by atoms with E-state index in [1.54, 1.807) is 11.3 Å². The molecule has 2 saturated heterocycles. The molecule has 0 bridgehead atoms. The largest absolute Gasteiger partial charge is 0.370 e. The predicted octanol–water partition coefficient (Wildman–Crippen LogP) is 4.66. The van der Waals surface area contributed by atoms with Crippen molar-refractivity contribution in [2.75, 3.05) is 44.6 Å². The summed E-state index contributed by atoms with van der Waals surface area (Å²) in [6.07, 6.45) is 3.79. The number of carbonyl (C=O) groups excluding carboxylic acids is 1. The van der Waals surface area contributed by atoms with Gasteiger partial charge in [0, 0.05) is 69.4 Å². The molecule has 2 aromatic carbocycles. The molecule has 0 saturated carbocycles. The smallest absolute Gasteiger partial charge is 0.227 e. The Kier molecular flexibility index (Phi) is 8.53. The lowest BCUT2D eigenvalue weighted by Crippen LogP contribution is -2.48. The molecular weight excluding hydrogens is 478 g/mol. The molecule has 1 amide bonds. The fraction of sp³-hybridized carbons (Fsp3) is 0.400. The summed E-state index contributed by atoms with van der Waals surface area (Å²) in [5, 5.41) is 6.75. The van der Waals surface area contributed by atoms with Gasteiger partial charge in [-0.05, 0) is 24.0 Å². The number of benzene rings is 2. The minimum Gasteiger partial charge on any atom is -0.370 e. The maximum atomic E-state index is 12.7. The molecule has 1 aromatic heterocycles. The Hall–Kier alpha value is -3.16. The molecule has 0 radical (unpaired) electrons. The van der Waals surface area contributed by atoms with Crippen LogP contribution in [0.4, 0.5) is 5.13 Å². The van der Waals surface area contributed by atoms with Crippen molar-refractivity contribution in [1.29, 1.82) is 0 Å². The van der Waals surface area contributed by atoms with Crippen molar-refractivity contribution in [3.05, 3.63) is 95.1 Å². The van der Waals surface area contributed by atoms with Crippen molar-refractivity contribution in [3.8, 4) is 0 Å². The highest BCUT2D eigenvalue weighted by Gasteiger charge is 2.26. The molecule has 3 heterocycles. The zero-order valence-corrected chi connectivity index (χ0v) is 22.3. The first-order valence-electron chi connectivity index (χ1n) is 13.3. The van der Waals surface area contributed by atoms with E-state index in [0.29, 0.717) is 12.5 Å². The summed E-state index contributed by atoms with van der Waals surface area (Å²) in [7, 11) is 0. The molecule has 6 nitrogen and oxygen atoms in total. The number of allylic oxidation sites excluding steroid dienone is 1. The van der Waals surface area contributed by atoms with Crippen LogP contribution in [-0.4, -0.2) is 70.9 Å². The van der Waals surface area contributed by atoms with Crippen LogP contribution in [0.15, 0.2) is 78.3 Å². The van der Waals surface area contributed by atoms with Gasteiger partial charge < -0.3 is 15.1 Å². The van der Waals surface area contributed by atoms with Crippen LogP contribution >= 0.6 is 11.3 Å². The SMILES string of the molecule is C=C(Cc1ccccc1)N1CCCC1CNc1nc(CN2CCN(C(=O)Cc3ccccc3)CC2)cs1. The van der Waals surface area contributed by atoms with E-state index >= 15 is 0 Å². The van der Waals surface area contributed by atoms with Crippen molar-refractivity contribution in [2.24, 2.45) is 0 Å². The molecule has 37 heavy (non-hydrogen) atoms. The fourth-order valence-electron chi connectivity index (χ4n) is 5.33. The Bertz CT molecular complexity index is 1160. The van der Waals surface area contributed by atoms with Crippen LogP contribution in [-0.2, 0) is 24.2 Å². The highest BCUT2D eigenvalue weighted by atomic mass is 32.1. The first-order chi connectivity index (χ1) is 18.1. The normalized spacial score (nSPS) is 18.2. The van der Waals surface area contributed by atoms with Crippen molar-refractivity contribution < 1.29 is 4.79 Å². The van der Waals surface area contributed by atoms with Crippen molar-refractivity contribution in [3.63, 3.8) is 0 Å². The van der Waals surface area contributed by atoms with Gasteiger partial charge in [0.1, 0.15) is 0 Å².